The Morgan fingerprint density at radius 2 is 1.92 bits per heavy atom. The van der Waals surface area contributed by atoms with Crippen LogP contribution in [0, 0.1) is 5.92 Å². The van der Waals surface area contributed by atoms with Crippen LogP contribution in [0.25, 0.3) is 0 Å². The average Bonchev–Trinajstić information content (AvgIpc) is 2.67. The number of ketones is 1. The summed E-state index contributed by atoms with van der Waals surface area (Å²) in [5, 5.41) is 12.0. The third-order valence-corrected chi connectivity index (χ3v) is 4.97. The highest BCUT2D eigenvalue weighted by molar-refractivity contribution is 5.93. The van der Waals surface area contributed by atoms with Crippen LogP contribution in [0.15, 0.2) is 0 Å². The van der Waals surface area contributed by atoms with Gasteiger partial charge in [0.25, 0.3) is 0 Å². The number of carbonyl (C=O) groups is 3. The lowest BCUT2D eigenvalue weighted by atomic mass is 9.88. The van der Waals surface area contributed by atoms with Crippen LogP contribution in [0.5, 0.6) is 0 Å². The second-order valence-electron chi connectivity index (χ2n) is 6.70. The van der Waals surface area contributed by atoms with Gasteiger partial charge < -0.3 is 15.1 Å². The number of Topliss-reactive ketones (excluding diaryl/α,β-unsaturated/α-hetero) is 1. The first-order valence-electron chi connectivity index (χ1n) is 9.72. The van der Waals surface area contributed by atoms with Gasteiger partial charge in [-0.05, 0) is 20.3 Å². The van der Waals surface area contributed by atoms with Gasteiger partial charge >= 0.3 is 6.03 Å². The average molecular weight is 370 g/mol. The number of hydrogen-bond acceptors (Lipinski definition) is 5. The van der Waals surface area contributed by atoms with Crippen molar-refractivity contribution in [2.45, 2.75) is 58.9 Å². The Labute approximate surface area is 156 Å². The van der Waals surface area contributed by atoms with Crippen molar-refractivity contribution in [3.05, 3.63) is 0 Å². The van der Waals surface area contributed by atoms with E-state index in [4.69, 9.17) is 5.21 Å². The monoisotopic (exact) mass is 370 g/mol. The number of nitrogens with zero attached hydrogens (tertiary/aromatic N) is 2. The summed E-state index contributed by atoms with van der Waals surface area (Å²) in [4.78, 5) is 40.9. The van der Waals surface area contributed by atoms with Gasteiger partial charge in [-0.15, -0.1) is 0 Å². The molecule has 0 aromatic heterocycles. The molecule has 8 nitrogen and oxygen atoms in total. The van der Waals surface area contributed by atoms with E-state index < -0.39 is 17.9 Å². The molecular weight excluding hydrogens is 336 g/mol. The van der Waals surface area contributed by atoms with E-state index in [1.165, 1.54) is 0 Å². The number of unbranched alkanes of at least 4 members (excludes halogenated alkanes) is 2. The molecule has 1 aliphatic heterocycles. The van der Waals surface area contributed by atoms with E-state index in [-0.39, 0.29) is 18.2 Å². The lowest BCUT2D eigenvalue weighted by Crippen LogP contribution is -2.61. The van der Waals surface area contributed by atoms with Crippen LogP contribution in [-0.4, -0.2) is 71.5 Å². The third kappa shape index (κ3) is 6.25. The predicted octanol–water partition coefficient (Wildman–Crippen LogP) is 1.38. The van der Waals surface area contributed by atoms with Gasteiger partial charge in [0.15, 0.2) is 5.78 Å². The van der Waals surface area contributed by atoms with E-state index in [9.17, 15) is 14.4 Å². The Balaban J connectivity index is 2.92. The molecule has 1 heterocycles. The molecule has 3 amide bonds. The number of piperazine rings is 1. The Kier molecular flexibility index (Phi) is 10.2. The number of urea groups is 1. The minimum atomic E-state index is -0.574. The molecule has 1 saturated heterocycles. The molecule has 2 atom stereocenters. The quantitative estimate of drug-likeness (QED) is 0.306. The van der Waals surface area contributed by atoms with Crippen molar-refractivity contribution in [1.82, 2.24) is 20.6 Å². The first-order chi connectivity index (χ1) is 12.5. The summed E-state index contributed by atoms with van der Waals surface area (Å²) in [6.45, 7) is 8.61. The summed E-state index contributed by atoms with van der Waals surface area (Å²) in [6, 6.07) is -0.705. The molecule has 8 heteroatoms. The predicted molar refractivity (Wildman–Crippen MR) is 98.9 cm³/mol. The van der Waals surface area contributed by atoms with E-state index >= 15 is 0 Å². The number of amides is 3. The number of hydrogen-bond donors (Lipinski definition) is 3. The van der Waals surface area contributed by atoms with Crippen LogP contribution >= 0.6 is 0 Å². The second-order valence-corrected chi connectivity index (χ2v) is 6.70. The molecule has 0 spiro atoms. The number of hydroxylamine groups is 1. The Bertz CT molecular complexity index is 468. The minimum absolute atomic E-state index is 0.0527. The first-order valence-corrected chi connectivity index (χ1v) is 9.72. The van der Waals surface area contributed by atoms with Crippen LogP contribution in [0.4, 0.5) is 4.79 Å². The smallest absolute Gasteiger partial charge is 0.320 e. The fourth-order valence-corrected chi connectivity index (χ4v) is 3.39. The van der Waals surface area contributed by atoms with Crippen molar-refractivity contribution in [1.29, 1.82) is 0 Å². The van der Waals surface area contributed by atoms with Gasteiger partial charge in [0, 0.05) is 45.1 Å². The summed E-state index contributed by atoms with van der Waals surface area (Å²) in [6.07, 6.45) is 3.38. The molecule has 1 aliphatic rings. The van der Waals surface area contributed by atoms with Gasteiger partial charge in [0.2, 0.25) is 5.91 Å². The molecule has 26 heavy (non-hydrogen) atoms. The highest BCUT2D eigenvalue weighted by Crippen LogP contribution is 2.21. The molecule has 1 fully saturated rings. The SMILES string of the molecule is CCCCC[C@H](CC(=O)NO)C(=O)[C@@H]1CNCCN1C(=O)N(CC)CC. The van der Waals surface area contributed by atoms with E-state index in [2.05, 4.69) is 12.2 Å². The fourth-order valence-electron chi connectivity index (χ4n) is 3.39. The molecule has 3 N–H and O–H groups in total. The standard InChI is InChI=1S/C18H34N4O4/c1-4-7-8-9-14(12-16(23)20-26)17(24)15-13-19-10-11-22(15)18(25)21(5-2)6-3/h14-15,19,26H,4-13H2,1-3H3,(H,20,23)/t14-,15+/m1/s1. The first kappa shape index (κ1) is 22.4. The second kappa shape index (κ2) is 11.9. The van der Waals surface area contributed by atoms with E-state index in [1.54, 1.807) is 15.3 Å². The molecular formula is C18H34N4O4. The maximum Gasteiger partial charge on any atom is 0.320 e. The Morgan fingerprint density at radius 3 is 2.50 bits per heavy atom. The zero-order valence-electron chi connectivity index (χ0n) is 16.3. The summed E-state index contributed by atoms with van der Waals surface area (Å²) in [5.41, 5.74) is 1.62. The van der Waals surface area contributed by atoms with Crippen LogP contribution in [0.2, 0.25) is 0 Å². The van der Waals surface area contributed by atoms with Crippen molar-refractivity contribution in [3.63, 3.8) is 0 Å². The maximum atomic E-state index is 13.1. The summed E-state index contributed by atoms with van der Waals surface area (Å²) < 4.78 is 0. The number of nitrogens with one attached hydrogen (secondary N) is 2. The molecule has 0 saturated carbocycles. The molecule has 0 aromatic rings. The third-order valence-electron chi connectivity index (χ3n) is 4.97. The van der Waals surface area contributed by atoms with E-state index in [1.807, 2.05) is 13.8 Å². The highest BCUT2D eigenvalue weighted by Gasteiger charge is 2.37. The van der Waals surface area contributed by atoms with Gasteiger partial charge in [-0.3, -0.25) is 14.8 Å². The van der Waals surface area contributed by atoms with Gasteiger partial charge in [-0.1, -0.05) is 26.2 Å². The largest absolute Gasteiger partial charge is 0.325 e. The zero-order valence-corrected chi connectivity index (χ0v) is 16.3. The molecule has 0 aliphatic carbocycles. The molecule has 0 aromatic carbocycles. The van der Waals surface area contributed by atoms with Crippen molar-refractivity contribution in [2.24, 2.45) is 5.92 Å². The summed E-state index contributed by atoms with van der Waals surface area (Å²) in [7, 11) is 0. The number of rotatable bonds is 10. The Morgan fingerprint density at radius 1 is 1.23 bits per heavy atom. The highest BCUT2D eigenvalue weighted by atomic mass is 16.5. The lowest BCUT2D eigenvalue weighted by molar-refractivity contribution is -0.136. The normalized spacial score (nSPS) is 18.3. The number of carbonyl (C=O) groups excluding carboxylic acids is 3. The summed E-state index contributed by atoms with van der Waals surface area (Å²) >= 11 is 0. The fraction of sp³-hybridized carbons (Fsp3) is 0.833. The van der Waals surface area contributed by atoms with Gasteiger partial charge in [-0.25, -0.2) is 10.3 Å². The maximum absolute atomic E-state index is 13.1. The minimum Gasteiger partial charge on any atom is -0.325 e. The van der Waals surface area contributed by atoms with Crippen LogP contribution in [0.1, 0.15) is 52.9 Å². The van der Waals surface area contributed by atoms with Crippen molar-refractivity contribution in [3.8, 4) is 0 Å². The van der Waals surface area contributed by atoms with Crippen LogP contribution in [0.3, 0.4) is 0 Å². The van der Waals surface area contributed by atoms with Gasteiger partial charge in [0.05, 0.1) is 0 Å². The molecule has 1 rings (SSSR count). The Hall–Kier alpha value is -1.67. The zero-order chi connectivity index (χ0) is 19.5. The molecule has 0 bridgehead atoms. The van der Waals surface area contributed by atoms with Crippen molar-refractivity contribution >= 4 is 17.7 Å². The molecule has 0 radical (unpaired) electrons. The van der Waals surface area contributed by atoms with E-state index in [0.717, 1.165) is 19.3 Å². The van der Waals surface area contributed by atoms with E-state index in [0.29, 0.717) is 39.1 Å². The van der Waals surface area contributed by atoms with Gasteiger partial charge in [0.1, 0.15) is 6.04 Å². The van der Waals surface area contributed by atoms with Crippen molar-refractivity contribution < 1.29 is 19.6 Å². The summed E-state index contributed by atoms with van der Waals surface area (Å²) in [5.74, 6) is -1.16. The molecule has 150 valence electrons. The molecule has 0 unspecified atom stereocenters. The van der Waals surface area contributed by atoms with Crippen molar-refractivity contribution in [2.75, 3.05) is 32.7 Å². The van der Waals surface area contributed by atoms with Crippen LogP contribution in [-0.2, 0) is 9.59 Å². The lowest BCUT2D eigenvalue weighted by Gasteiger charge is -2.39. The van der Waals surface area contributed by atoms with Crippen LogP contribution < -0.4 is 10.8 Å². The topological polar surface area (TPSA) is 102 Å². The van der Waals surface area contributed by atoms with Gasteiger partial charge in [-0.2, -0.15) is 0 Å².